The third kappa shape index (κ3) is 7.71. The molecule has 4 heterocycles. The van der Waals surface area contributed by atoms with Crippen molar-refractivity contribution in [3.05, 3.63) is 72.3 Å². The number of amides is 4. The predicted octanol–water partition coefficient (Wildman–Crippen LogP) is 6.98. The van der Waals surface area contributed by atoms with Crippen LogP contribution in [0.2, 0.25) is 0 Å². The highest BCUT2D eigenvalue weighted by Gasteiger charge is 2.39. The highest BCUT2D eigenvalue weighted by Crippen LogP contribution is 2.36. The maximum Gasteiger partial charge on any atom is 0.407 e. The molecule has 4 amide bonds. The highest BCUT2D eigenvalue weighted by molar-refractivity contribution is 6.05. The Morgan fingerprint density at radius 3 is 1.84 bits per heavy atom. The fourth-order valence-corrected chi connectivity index (χ4v) is 8.29. The second-order valence-electron chi connectivity index (χ2n) is 15.7. The third-order valence-electron chi connectivity index (χ3n) is 11.4. The lowest BCUT2D eigenvalue weighted by atomic mass is 9.94. The summed E-state index contributed by atoms with van der Waals surface area (Å²) in [5.41, 5.74) is 5.05. The van der Waals surface area contributed by atoms with E-state index >= 15 is 0 Å². The van der Waals surface area contributed by atoms with E-state index in [1.165, 1.54) is 14.2 Å². The zero-order chi connectivity index (χ0) is 39.7. The number of carbonyl (C=O) groups excluding carboxylic acids is 4. The van der Waals surface area contributed by atoms with Gasteiger partial charge in [0.2, 0.25) is 11.8 Å². The smallest absolute Gasteiger partial charge is 0.407 e. The molecule has 3 aromatic carbocycles. The van der Waals surface area contributed by atoms with Crippen LogP contribution in [0.4, 0.5) is 9.59 Å². The molecule has 0 aliphatic carbocycles. The normalized spacial score (nSPS) is 19.4. The number of allylic oxidation sites excluding steroid dienone is 1. The van der Waals surface area contributed by atoms with Crippen LogP contribution in [-0.2, 0) is 19.1 Å². The van der Waals surface area contributed by atoms with Gasteiger partial charge in [0, 0.05) is 37.0 Å². The molecule has 3 N–H and O–H groups in total. The Bertz CT molecular complexity index is 2220. The van der Waals surface area contributed by atoms with Gasteiger partial charge in [-0.3, -0.25) is 14.6 Å². The maximum atomic E-state index is 13.6. The summed E-state index contributed by atoms with van der Waals surface area (Å²) in [4.78, 5) is 67.9. The first-order valence-electron chi connectivity index (χ1n) is 19.5. The van der Waals surface area contributed by atoms with Crippen molar-refractivity contribution < 1.29 is 28.7 Å². The Hall–Kier alpha value is -5.72. The first kappa shape index (κ1) is 38.6. The SMILES string of the molecule is COC(=O)N[C@H](C(=O)N1CCC[C@H]1C1=NC=C(c2ccc3cc4cc(-c5cnc([C@@H]6CCCN6C(=O)[C@@H](NC(=O)OC)C(C)C)[nH]5)ccc4cc3c2)C1)C(C)C. The van der Waals surface area contributed by atoms with Crippen LogP contribution in [0, 0.1) is 11.8 Å². The number of carbonyl (C=O) groups is 4. The fourth-order valence-electron chi connectivity index (χ4n) is 8.29. The number of likely N-dealkylation sites (tertiary alicyclic amines) is 2. The molecule has 1 aromatic heterocycles. The van der Waals surface area contributed by atoms with Gasteiger partial charge in [0.1, 0.15) is 17.9 Å². The lowest BCUT2D eigenvalue weighted by molar-refractivity contribution is -0.135. The number of aliphatic imine (C=N–C) groups is 1. The first-order valence-corrected chi connectivity index (χ1v) is 19.5. The highest BCUT2D eigenvalue weighted by atomic mass is 16.5. The molecule has 3 aliphatic rings. The molecule has 4 atom stereocenters. The number of aromatic amines is 1. The summed E-state index contributed by atoms with van der Waals surface area (Å²) in [6.07, 6.45) is 6.54. The summed E-state index contributed by atoms with van der Waals surface area (Å²) >= 11 is 0. The number of benzene rings is 3. The molecule has 294 valence electrons. The minimum Gasteiger partial charge on any atom is -0.453 e. The van der Waals surface area contributed by atoms with E-state index in [2.05, 4.69) is 64.1 Å². The number of nitrogens with zero attached hydrogens (tertiary/aromatic N) is 4. The van der Waals surface area contributed by atoms with Gasteiger partial charge in [-0.1, -0.05) is 52.0 Å². The quantitative estimate of drug-likeness (QED) is 0.147. The van der Waals surface area contributed by atoms with E-state index in [4.69, 9.17) is 19.5 Å². The van der Waals surface area contributed by atoms with Crippen molar-refractivity contribution in [3.8, 4) is 11.3 Å². The number of ether oxygens (including phenoxy) is 2. The molecule has 0 radical (unpaired) electrons. The summed E-state index contributed by atoms with van der Waals surface area (Å²) in [6, 6.07) is 15.6. The van der Waals surface area contributed by atoms with E-state index in [1.807, 2.05) is 49.9 Å². The summed E-state index contributed by atoms with van der Waals surface area (Å²) in [6.45, 7) is 8.88. The zero-order valence-electron chi connectivity index (χ0n) is 32.9. The van der Waals surface area contributed by atoms with E-state index in [0.717, 1.165) is 81.2 Å². The van der Waals surface area contributed by atoms with Crippen LogP contribution >= 0.6 is 0 Å². The zero-order valence-corrected chi connectivity index (χ0v) is 32.9. The summed E-state index contributed by atoms with van der Waals surface area (Å²) < 4.78 is 9.55. The van der Waals surface area contributed by atoms with Crippen molar-refractivity contribution in [2.75, 3.05) is 27.3 Å². The number of hydrogen-bond acceptors (Lipinski definition) is 8. The molecule has 0 bridgehead atoms. The van der Waals surface area contributed by atoms with Crippen LogP contribution in [0.25, 0.3) is 38.4 Å². The van der Waals surface area contributed by atoms with Crippen molar-refractivity contribution in [1.82, 2.24) is 30.4 Å². The lowest BCUT2D eigenvalue weighted by Crippen LogP contribution is -2.53. The molecule has 2 saturated heterocycles. The van der Waals surface area contributed by atoms with Gasteiger partial charge in [-0.2, -0.15) is 0 Å². The lowest BCUT2D eigenvalue weighted by Gasteiger charge is -2.31. The number of H-pyrrole nitrogens is 1. The molecule has 13 heteroatoms. The number of alkyl carbamates (subject to hydrolysis) is 2. The van der Waals surface area contributed by atoms with Gasteiger partial charge in [0.05, 0.1) is 38.2 Å². The molecular weight excluding hydrogens is 711 g/mol. The van der Waals surface area contributed by atoms with Crippen LogP contribution in [0.3, 0.4) is 0 Å². The van der Waals surface area contributed by atoms with E-state index in [-0.39, 0.29) is 35.7 Å². The number of imidazole rings is 1. The standard InChI is InChI=1S/C43H51N7O6/c1-24(2)37(47-42(53)55-5)40(51)49-15-7-9-35(49)33-21-32(22-44-33)28-12-11-26-18-31-20-29(14-13-27(31)17-30(26)19-28)34-23-45-39(46-34)36-10-8-16-50(36)41(52)38(25(3)4)48-43(54)56-6/h11-14,17-20,22-25,35-38H,7-10,15-16,21H2,1-6H3,(H,45,46)(H,47,53)(H,48,54)/t35-,36-,37-,38-/m0/s1. The topological polar surface area (TPSA) is 158 Å². The Morgan fingerprint density at radius 1 is 0.732 bits per heavy atom. The number of hydrogen-bond donors (Lipinski definition) is 3. The third-order valence-corrected chi connectivity index (χ3v) is 11.4. The molecule has 7 rings (SSSR count). The molecule has 0 saturated carbocycles. The van der Waals surface area contributed by atoms with Crippen molar-refractivity contribution >= 4 is 56.8 Å². The number of rotatable bonds is 10. The number of methoxy groups -OCH3 is 2. The van der Waals surface area contributed by atoms with Crippen LogP contribution in [0.1, 0.15) is 77.2 Å². The molecule has 56 heavy (non-hydrogen) atoms. The van der Waals surface area contributed by atoms with Crippen LogP contribution in [0.5, 0.6) is 0 Å². The van der Waals surface area contributed by atoms with Crippen LogP contribution in [0.15, 0.2) is 65.9 Å². The van der Waals surface area contributed by atoms with Crippen molar-refractivity contribution in [2.24, 2.45) is 16.8 Å². The molecule has 4 aromatic rings. The second-order valence-corrected chi connectivity index (χ2v) is 15.7. The van der Waals surface area contributed by atoms with Gasteiger partial charge in [0.25, 0.3) is 0 Å². The summed E-state index contributed by atoms with van der Waals surface area (Å²) in [7, 11) is 2.59. The van der Waals surface area contributed by atoms with Gasteiger partial charge in [-0.25, -0.2) is 14.6 Å². The number of nitrogens with one attached hydrogen (secondary N) is 3. The average molecular weight is 762 g/mol. The van der Waals surface area contributed by atoms with E-state index in [9.17, 15) is 19.2 Å². The first-order chi connectivity index (χ1) is 26.9. The van der Waals surface area contributed by atoms with Gasteiger partial charge < -0.3 is 34.9 Å². The average Bonchev–Trinajstić information content (AvgIpc) is 4.03. The minimum absolute atomic E-state index is 0.0878. The van der Waals surface area contributed by atoms with Gasteiger partial charge in [0.15, 0.2) is 0 Å². The van der Waals surface area contributed by atoms with Crippen LogP contribution in [-0.4, -0.2) is 94.9 Å². The molecule has 13 nitrogen and oxygen atoms in total. The van der Waals surface area contributed by atoms with Crippen molar-refractivity contribution in [3.63, 3.8) is 0 Å². The Kier molecular flexibility index (Phi) is 11.1. The monoisotopic (exact) mass is 761 g/mol. The van der Waals surface area contributed by atoms with Gasteiger partial charge in [-0.15, -0.1) is 0 Å². The molecular formula is C43H51N7O6. The largest absolute Gasteiger partial charge is 0.453 e. The van der Waals surface area contributed by atoms with Crippen LogP contribution < -0.4 is 10.6 Å². The Morgan fingerprint density at radius 2 is 1.27 bits per heavy atom. The molecule has 3 aliphatic heterocycles. The molecule has 0 spiro atoms. The minimum atomic E-state index is -0.688. The Balaban J connectivity index is 1.04. The van der Waals surface area contributed by atoms with E-state index < -0.39 is 24.3 Å². The Labute approximate surface area is 326 Å². The van der Waals surface area contributed by atoms with Crippen molar-refractivity contribution in [2.45, 2.75) is 84.0 Å². The maximum absolute atomic E-state index is 13.6. The summed E-state index contributed by atoms with van der Waals surface area (Å²) in [5, 5.41) is 9.89. The van der Waals surface area contributed by atoms with Crippen molar-refractivity contribution in [1.29, 1.82) is 0 Å². The molecule has 2 fully saturated rings. The van der Waals surface area contributed by atoms with Gasteiger partial charge in [-0.05, 0) is 94.5 Å². The number of fused-ring (bicyclic) bond motifs is 2. The summed E-state index contributed by atoms with van der Waals surface area (Å²) in [5.74, 6) is 0.300. The van der Waals surface area contributed by atoms with E-state index in [1.54, 1.807) is 0 Å². The second kappa shape index (κ2) is 16.2. The van der Waals surface area contributed by atoms with Gasteiger partial charge >= 0.3 is 12.2 Å². The fraction of sp³-hybridized carbons (Fsp3) is 0.442. The predicted molar refractivity (Wildman–Crippen MR) is 216 cm³/mol. The molecule has 0 unspecified atom stereocenters. The van der Waals surface area contributed by atoms with E-state index in [0.29, 0.717) is 19.5 Å². The number of aromatic nitrogens is 2.